The van der Waals surface area contributed by atoms with E-state index in [-0.39, 0.29) is 68.9 Å². The van der Waals surface area contributed by atoms with Crippen molar-refractivity contribution in [1.29, 1.82) is 0 Å². The summed E-state index contributed by atoms with van der Waals surface area (Å²) in [4.78, 5) is 24.3. The second-order valence-corrected chi connectivity index (χ2v) is 3.94. The summed E-state index contributed by atoms with van der Waals surface area (Å²) in [6.45, 7) is 0. The van der Waals surface area contributed by atoms with E-state index in [0.717, 1.165) is 0 Å². The predicted molar refractivity (Wildman–Crippen MR) is 63.9 cm³/mol. The molecule has 18 heavy (non-hydrogen) atoms. The molecule has 0 amide bonds. The average Bonchev–Trinajstić information content (AvgIpc) is 2.64. The molecule has 0 atom stereocenters. The van der Waals surface area contributed by atoms with Gasteiger partial charge in [-0.3, -0.25) is 0 Å². The summed E-state index contributed by atoms with van der Waals surface area (Å²) in [5.74, 6) is -0.0552. The molecule has 0 spiro atoms. The van der Waals surface area contributed by atoms with E-state index < -0.39 is 0 Å². The quantitative estimate of drug-likeness (QED) is 0.521. The van der Waals surface area contributed by atoms with Crippen LogP contribution < -0.4 is 51.4 Å². The Morgan fingerprint density at radius 2 is 1.11 bits per heavy atom. The molecule has 0 heterocycles. The predicted octanol–water partition coefficient (Wildman–Crippen LogP) is -0.308. The van der Waals surface area contributed by atoms with Crippen LogP contribution in [0.3, 0.4) is 0 Å². The van der Waals surface area contributed by atoms with Crippen LogP contribution >= 0.6 is 0 Å². The van der Waals surface area contributed by atoms with Crippen LogP contribution in [0, 0.1) is 5.92 Å². The Balaban J connectivity index is 0.00000120. The molecule has 0 unspecified atom stereocenters. The second kappa shape index (κ2) is 5.51. The summed E-state index contributed by atoms with van der Waals surface area (Å²) in [5, 5.41) is 0. The fraction of sp³-hybridized carbons (Fsp3) is 0. The number of benzene rings is 2. The Bertz CT molecular complexity index is 570. The van der Waals surface area contributed by atoms with Crippen LogP contribution in [0.1, 0.15) is 26.3 Å². The molecule has 0 N–H and O–H groups in total. The molecule has 0 saturated carbocycles. The summed E-state index contributed by atoms with van der Waals surface area (Å²) < 4.78 is 0. The van der Waals surface area contributed by atoms with E-state index in [9.17, 15) is 9.59 Å². The molecule has 0 saturated heterocycles. The number of hydrogen-bond donors (Lipinski definition) is 0. The molecule has 0 aliphatic heterocycles. The van der Waals surface area contributed by atoms with E-state index in [2.05, 4.69) is 0 Å². The molecular formula is C15H9KO2. The van der Waals surface area contributed by atoms with E-state index in [4.69, 9.17) is 0 Å². The van der Waals surface area contributed by atoms with E-state index in [1.54, 1.807) is 36.4 Å². The smallest absolute Gasteiger partial charge is 0.307 e. The van der Waals surface area contributed by atoms with Gasteiger partial charge in [-0.05, 0) is 5.92 Å². The van der Waals surface area contributed by atoms with E-state index >= 15 is 0 Å². The minimum Gasteiger partial charge on any atom is -0.307 e. The van der Waals surface area contributed by atoms with Gasteiger partial charge in [0.25, 0.3) is 0 Å². The minimum absolute atomic E-state index is 0. The first-order chi connectivity index (χ1) is 8.29. The third-order valence-corrected chi connectivity index (χ3v) is 2.93. The number of Topliss-reactive ketones (excluding diaryl/α,β-unsaturated/α-hetero) is 2. The standard InChI is InChI=1S/C15H9O2.K/c16-14-11-8-4-5-9-12(11)15(17)13(14)10-6-2-1-3-7-10;/h1-9H;/q-1;+1. The van der Waals surface area contributed by atoms with Gasteiger partial charge in [0, 0.05) is 0 Å². The van der Waals surface area contributed by atoms with Gasteiger partial charge in [-0.1, -0.05) is 53.6 Å². The van der Waals surface area contributed by atoms with E-state index in [1.807, 2.05) is 18.2 Å². The third-order valence-electron chi connectivity index (χ3n) is 2.93. The van der Waals surface area contributed by atoms with Gasteiger partial charge >= 0.3 is 51.4 Å². The van der Waals surface area contributed by atoms with Crippen LogP contribution in [-0.4, -0.2) is 11.6 Å². The Hall–Kier alpha value is -0.714. The normalized spacial score (nSPS) is 13.2. The van der Waals surface area contributed by atoms with Crippen molar-refractivity contribution < 1.29 is 61.0 Å². The van der Waals surface area contributed by atoms with Gasteiger partial charge in [0.05, 0.1) is 0 Å². The molecule has 0 bridgehead atoms. The summed E-state index contributed by atoms with van der Waals surface area (Å²) >= 11 is 0. The van der Waals surface area contributed by atoms with E-state index in [0.29, 0.717) is 16.7 Å². The number of carbonyl (C=O) groups is 2. The molecule has 82 valence electrons. The molecule has 2 nitrogen and oxygen atoms in total. The van der Waals surface area contributed by atoms with Crippen molar-refractivity contribution in [3.8, 4) is 0 Å². The molecule has 0 aromatic heterocycles. The van der Waals surface area contributed by atoms with Crippen molar-refractivity contribution in [2.45, 2.75) is 0 Å². The molecule has 1 aliphatic rings. The molecule has 3 heteroatoms. The fourth-order valence-corrected chi connectivity index (χ4v) is 2.12. The number of carbonyl (C=O) groups excluding carboxylic acids is 2. The van der Waals surface area contributed by atoms with Crippen LogP contribution in [0.5, 0.6) is 0 Å². The van der Waals surface area contributed by atoms with Crippen molar-refractivity contribution >= 4 is 11.6 Å². The van der Waals surface area contributed by atoms with Gasteiger partial charge in [-0.15, -0.1) is 17.7 Å². The van der Waals surface area contributed by atoms with Crippen LogP contribution in [0.4, 0.5) is 0 Å². The van der Waals surface area contributed by atoms with Crippen LogP contribution in [0.2, 0.25) is 0 Å². The van der Waals surface area contributed by atoms with Gasteiger partial charge in [0.2, 0.25) is 0 Å². The number of ketones is 2. The van der Waals surface area contributed by atoms with Gasteiger partial charge in [-0.2, -0.15) is 0 Å². The topological polar surface area (TPSA) is 34.1 Å². The summed E-state index contributed by atoms with van der Waals surface area (Å²) in [5.41, 5.74) is 1.71. The average molecular weight is 260 g/mol. The molecule has 3 rings (SSSR count). The summed E-state index contributed by atoms with van der Waals surface area (Å²) in [6, 6.07) is 16.0. The van der Waals surface area contributed by atoms with Crippen molar-refractivity contribution in [3.05, 3.63) is 77.2 Å². The van der Waals surface area contributed by atoms with Crippen LogP contribution in [0.25, 0.3) is 0 Å². The molecule has 2 aromatic rings. The largest absolute Gasteiger partial charge is 1.00 e. The minimum atomic E-state index is -0.170. The Labute approximate surface area is 148 Å². The summed E-state index contributed by atoms with van der Waals surface area (Å²) in [7, 11) is 0. The zero-order chi connectivity index (χ0) is 11.8. The SMILES string of the molecule is O=C1c2ccccc2C(=O)[C-]1c1ccccc1.[K+]. The van der Waals surface area contributed by atoms with Crippen molar-refractivity contribution in [3.63, 3.8) is 0 Å². The summed E-state index contributed by atoms with van der Waals surface area (Å²) in [6.07, 6.45) is 0. The fourth-order valence-electron chi connectivity index (χ4n) is 2.12. The Kier molecular flexibility index (Phi) is 4.20. The Morgan fingerprint density at radius 1 is 0.667 bits per heavy atom. The van der Waals surface area contributed by atoms with Gasteiger partial charge < -0.3 is 9.59 Å². The van der Waals surface area contributed by atoms with Gasteiger partial charge in [0.1, 0.15) is 11.6 Å². The van der Waals surface area contributed by atoms with E-state index in [1.165, 1.54) is 0 Å². The third kappa shape index (κ3) is 2.13. The molecular weight excluding hydrogens is 251 g/mol. The van der Waals surface area contributed by atoms with Crippen molar-refractivity contribution in [2.24, 2.45) is 0 Å². The molecule has 1 aliphatic carbocycles. The van der Waals surface area contributed by atoms with Gasteiger partial charge in [-0.25, -0.2) is 0 Å². The maximum Gasteiger partial charge on any atom is 1.00 e. The zero-order valence-corrected chi connectivity index (χ0v) is 13.1. The van der Waals surface area contributed by atoms with Gasteiger partial charge in [0.15, 0.2) is 0 Å². The number of fused-ring (bicyclic) bond motifs is 1. The number of rotatable bonds is 1. The molecule has 2 aromatic carbocycles. The molecule has 0 fully saturated rings. The molecule has 0 radical (unpaired) electrons. The first kappa shape index (κ1) is 13.7. The first-order valence-corrected chi connectivity index (χ1v) is 5.40. The number of hydrogen-bond acceptors (Lipinski definition) is 2. The Morgan fingerprint density at radius 3 is 1.61 bits per heavy atom. The second-order valence-electron chi connectivity index (χ2n) is 3.94. The first-order valence-electron chi connectivity index (χ1n) is 5.40. The van der Waals surface area contributed by atoms with Crippen LogP contribution in [-0.2, 0) is 0 Å². The maximum absolute atomic E-state index is 12.1. The maximum atomic E-state index is 12.1. The van der Waals surface area contributed by atoms with Crippen molar-refractivity contribution in [2.75, 3.05) is 0 Å². The van der Waals surface area contributed by atoms with Crippen LogP contribution in [0.15, 0.2) is 54.6 Å². The van der Waals surface area contributed by atoms with Crippen molar-refractivity contribution in [1.82, 2.24) is 0 Å². The zero-order valence-electron chi connectivity index (χ0n) is 10.0. The monoisotopic (exact) mass is 260 g/mol.